The summed E-state index contributed by atoms with van der Waals surface area (Å²) in [5, 5.41) is 0. The monoisotopic (exact) mass is 176 g/mol. The molecule has 0 aliphatic rings. The van der Waals surface area contributed by atoms with E-state index in [-0.39, 0.29) is 6.04 Å². The van der Waals surface area contributed by atoms with Gasteiger partial charge in [-0.25, -0.2) is 0 Å². The molecule has 1 unspecified atom stereocenters. The van der Waals surface area contributed by atoms with Gasteiger partial charge < -0.3 is 5.73 Å². The van der Waals surface area contributed by atoms with Crippen LogP contribution >= 0.6 is 0 Å². The Morgan fingerprint density at radius 2 is 2.23 bits per heavy atom. The van der Waals surface area contributed by atoms with E-state index < -0.39 is 0 Å². The highest BCUT2D eigenvalue weighted by atomic mass is 14.7. The summed E-state index contributed by atoms with van der Waals surface area (Å²) >= 11 is 0. The highest BCUT2D eigenvalue weighted by Crippen LogP contribution is 2.17. The van der Waals surface area contributed by atoms with Crippen molar-refractivity contribution in [2.45, 2.75) is 26.8 Å². The van der Waals surface area contributed by atoms with Gasteiger partial charge in [-0.1, -0.05) is 6.58 Å². The second kappa shape index (κ2) is 3.71. The summed E-state index contributed by atoms with van der Waals surface area (Å²) in [7, 11) is 0. The minimum Gasteiger partial charge on any atom is -0.324 e. The highest BCUT2D eigenvalue weighted by molar-refractivity contribution is 5.58. The molecule has 0 bridgehead atoms. The average Bonchev–Trinajstić information content (AvgIpc) is 2.03. The minimum atomic E-state index is 0.0478. The van der Waals surface area contributed by atoms with E-state index in [4.69, 9.17) is 5.73 Å². The van der Waals surface area contributed by atoms with E-state index in [1.54, 1.807) is 0 Å². The van der Waals surface area contributed by atoms with Crippen molar-refractivity contribution in [2.75, 3.05) is 0 Å². The Labute approximate surface area is 79.5 Å². The fourth-order valence-corrected chi connectivity index (χ4v) is 1.28. The van der Waals surface area contributed by atoms with Crippen molar-refractivity contribution in [3.63, 3.8) is 0 Å². The van der Waals surface area contributed by atoms with E-state index in [2.05, 4.69) is 11.6 Å². The molecule has 1 heterocycles. The van der Waals surface area contributed by atoms with Gasteiger partial charge in [-0.05, 0) is 43.5 Å². The maximum Gasteiger partial charge on any atom is 0.0655 e. The second-order valence-corrected chi connectivity index (χ2v) is 3.50. The van der Waals surface area contributed by atoms with Crippen LogP contribution in [0.5, 0.6) is 0 Å². The van der Waals surface area contributed by atoms with Crippen LogP contribution in [0, 0.1) is 6.92 Å². The van der Waals surface area contributed by atoms with Crippen molar-refractivity contribution in [1.29, 1.82) is 0 Å². The van der Waals surface area contributed by atoms with Gasteiger partial charge in [0, 0.05) is 12.2 Å². The lowest BCUT2D eigenvalue weighted by Crippen LogP contribution is -2.07. The summed E-state index contributed by atoms with van der Waals surface area (Å²) in [5.74, 6) is 0. The smallest absolute Gasteiger partial charge is 0.0655 e. The molecular formula is C11H16N2. The molecule has 70 valence electrons. The van der Waals surface area contributed by atoms with Crippen molar-refractivity contribution in [3.8, 4) is 0 Å². The lowest BCUT2D eigenvalue weighted by molar-refractivity contribution is 0.802. The molecule has 1 aromatic rings. The van der Waals surface area contributed by atoms with E-state index in [1.165, 1.54) is 5.56 Å². The molecule has 0 saturated heterocycles. The molecule has 0 fully saturated rings. The van der Waals surface area contributed by atoms with Gasteiger partial charge in [0.15, 0.2) is 0 Å². The van der Waals surface area contributed by atoms with Crippen LogP contribution < -0.4 is 5.73 Å². The summed E-state index contributed by atoms with van der Waals surface area (Å²) in [4.78, 5) is 4.28. The van der Waals surface area contributed by atoms with Gasteiger partial charge in [0.1, 0.15) is 0 Å². The maximum absolute atomic E-state index is 5.78. The molecule has 0 aliphatic heterocycles. The molecule has 1 atom stereocenters. The number of nitrogens with two attached hydrogens (primary N) is 1. The van der Waals surface area contributed by atoms with Crippen LogP contribution in [0.4, 0.5) is 0 Å². The third kappa shape index (κ3) is 2.16. The topological polar surface area (TPSA) is 38.9 Å². The number of nitrogens with zero attached hydrogens (tertiary/aromatic N) is 1. The van der Waals surface area contributed by atoms with Gasteiger partial charge >= 0.3 is 0 Å². The number of hydrogen-bond acceptors (Lipinski definition) is 2. The number of allylic oxidation sites excluding steroid dienone is 1. The fourth-order valence-electron chi connectivity index (χ4n) is 1.28. The van der Waals surface area contributed by atoms with Gasteiger partial charge in [-0.2, -0.15) is 0 Å². The van der Waals surface area contributed by atoms with E-state index in [0.717, 1.165) is 16.8 Å². The normalized spacial score (nSPS) is 12.6. The van der Waals surface area contributed by atoms with Crippen LogP contribution in [0.1, 0.15) is 36.7 Å². The molecule has 0 amide bonds. The molecule has 2 N–H and O–H groups in total. The first-order valence-electron chi connectivity index (χ1n) is 4.40. The van der Waals surface area contributed by atoms with Crippen molar-refractivity contribution in [3.05, 3.63) is 35.7 Å². The number of aryl methyl sites for hydroxylation is 1. The van der Waals surface area contributed by atoms with E-state index in [9.17, 15) is 0 Å². The SMILES string of the molecule is C=C(C)c1cc(C)c(C(C)N)cn1. The van der Waals surface area contributed by atoms with Gasteiger partial charge in [0.25, 0.3) is 0 Å². The van der Waals surface area contributed by atoms with Gasteiger partial charge in [-0.3, -0.25) is 4.98 Å². The molecule has 2 nitrogen and oxygen atoms in total. The Morgan fingerprint density at radius 1 is 1.62 bits per heavy atom. The molecule has 1 aromatic heterocycles. The fraction of sp³-hybridized carbons (Fsp3) is 0.364. The second-order valence-electron chi connectivity index (χ2n) is 3.50. The number of rotatable bonds is 2. The molecule has 13 heavy (non-hydrogen) atoms. The lowest BCUT2D eigenvalue weighted by Gasteiger charge is -2.10. The zero-order chi connectivity index (χ0) is 10.0. The maximum atomic E-state index is 5.78. The number of hydrogen-bond donors (Lipinski definition) is 1. The summed E-state index contributed by atoms with van der Waals surface area (Å²) < 4.78 is 0. The zero-order valence-corrected chi connectivity index (χ0v) is 8.46. The summed E-state index contributed by atoms with van der Waals surface area (Å²) in [5.41, 5.74) is 10.00. The predicted octanol–water partition coefficient (Wildman–Crippen LogP) is 2.44. The van der Waals surface area contributed by atoms with Gasteiger partial charge in [-0.15, -0.1) is 0 Å². The molecule has 0 aliphatic carbocycles. The molecule has 0 radical (unpaired) electrons. The van der Waals surface area contributed by atoms with Crippen LogP contribution in [0.2, 0.25) is 0 Å². The zero-order valence-electron chi connectivity index (χ0n) is 8.46. The summed E-state index contributed by atoms with van der Waals surface area (Å²) in [6, 6.07) is 2.08. The first-order chi connectivity index (χ1) is 6.02. The molecule has 0 spiro atoms. The number of pyridine rings is 1. The van der Waals surface area contributed by atoms with Crippen molar-refractivity contribution in [2.24, 2.45) is 5.73 Å². The lowest BCUT2D eigenvalue weighted by atomic mass is 10.0. The van der Waals surface area contributed by atoms with Gasteiger partial charge in [0.2, 0.25) is 0 Å². The quantitative estimate of drug-likeness (QED) is 0.751. The van der Waals surface area contributed by atoms with Crippen LogP contribution in [-0.4, -0.2) is 4.98 Å². The summed E-state index contributed by atoms with van der Waals surface area (Å²) in [6.07, 6.45) is 1.84. The third-order valence-corrected chi connectivity index (χ3v) is 2.08. The van der Waals surface area contributed by atoms with E-state index >= 15 is 0 Å². The highest BCUT2D eigenvalue weighted by Gasteiger charge is 2.05. The van der Waals surface area contributed by atoms with Crippen molar-refractivity contribution in [1.82, 2.24) is 4.98 Å². The first kappa shape index (κ1) is 9.93. The van der Waals surface area contributed by atoms with Crippen LogP contribution in [0.3, 0.4) is 0 Å². The molecule has 0 aromatic carbocycles. The van der Waals surface area contributed by atoms with Crippen molar-refractivity contribution < 1.29 is 0 Å². The third-order valence-electron chi connectivity index (χ3n) is 2.08. The Balaban J connectivity index is 3.13. The van der Waals surface area contributed by atoms with E-state index in [0.29, 0.717) is 0 Å². The van der Waals surface area contributed by atoms with Crippen LogP contribution in [0.25, 0.3) is 5.57 Å². The van der Waals surface area contributed by atoms with Gasteiger partial charge in [0.05, 0.1) is 5.69 Å². The summed E-state index contributed by atoms with van der Waals surface area (Å²) in [6.45, 7) is 9.81. The predicted molar refractivity (Wildman–Crippen MR) is 56.3 cm³/mol. The molecule has 0 saturated carbocycles. The molecular weight excluding hydrogens is 160 g/mol. The largest absolute Gasteiger partial charge is 0.324 e. The standard InChI is InChI=1S/C11H16N2/c1-7(2)11-5-8(3)10(6-13-11)9(4)12/h5-6,9H,1,12H2,2-4H3. The Kier molecular flexibility index (Phi) is 2.83. The van der Waals surface area contributed by atoms with Crippen molar-refractivity contribution >= 4 is 5.57 Å². The minimum absolute atomic E-state index is 0.0478. The van der Waals surface area contributed by atoms with Crippen LogP contribution in [-0.2, 0) is 0 Å². The average molecular weight is 176 g/mol. The Hall–Kier alpha value is -1.15. The molecule has 2 heteroatoms. The first-order valence-corrected chi connectivity index (χ1v) is 4.40. The molecule has 1 rings (SSSR count). The van der Waals surface area contributed by atoms with Crippen LogP contribution in [0.15, 0.2) is 18.8 Å². The number of aromatic nitrogens is 1. The van der Waals surface area contributed by atoms with E-state index in [1.807, 2.05) is 33.0 Å². The Bertz CT molecular complexity index is 327. The Morgan fingerprint density at radius 3 is 2.62 bits per heavy atom.